The summed E-state index contributed by atoms with van der Waals surface area (Å²) in [6.07, 6.45) is -2.81. The molecule has 162 valence electrons. The van der Waals surface area contributed by atoms with Gasteiger partial charge in [-0.2, -0.15) is 18.2 Å². The third kappa shape index (κ3) is 5.49. The predicted octanol–water partition coefficient (Wildman–Crippen LogP) is 3.10. The van der Waals surface area contributed by atoms with Gasteiger partial charge in [0.2, 0.25) is 11.8 Å². The van der Waals surface area contributed by atoms with Crippen LogP contribution in [0, 0.1) is 11.7 Å². The lowest BCUT2D eigenvalue weighted by atomic mass is 9.87. The maximum absolute atomic E-state index is 14.5. The van der Waals surface area contributed by atoms with E-state index in [2.05, 4.69) is 15.6 Å². The summed E-state index contributed by atoms with van der Waals surface area (Å²) in [6, 6.07) is 0.863. The number of rotatable bonds is 6. The first-order chi connectivity index (χ1) is 13.8. The molecule has 1 amide bonds. The van der Waals surface area contributed by atoms with Gasteiger partial charge in [0.25, 0.3) is 5.88 Å². The Hall–Kier alpha value is -2.10. The van der Waals surface area contributed by atoms with Gasteiger partial charge in [-0.1, -0.05) is 0 Å². The van der Waals surface area contributed by atoms with Crippen LogP contribution in [0.5, 0.6) is 11.8 Å². The minimum Gasteiger partial charge on any atom is -0.481 e. The van der Waals surface area contributed by atoms with Gasteiger partial charge in [-0.15, -0.1) is 0 Å². The molecule has 3 rings (SSSR count). The highest BCUT2D eigenvalue weighted by Crippen LogP contribution is 2.39. The molecular weight excluding hydrogens is 394 g/mol. The van der Waals surface area contributed by atoms with Crippen LogP contribution in [0.15, 0.2) is 6.07 Å². The van der Waals surface area contributed by atoms with Crippen molar-refractivity contribution in [2.45, 2.75) is 63.4 Å². The monoisotopic (exact) mass is 419 g/mol. The topological polar surface area (TPSA) is 72.5 Å². The molecule has 0 spiro atoms. The standard InChI is InChI=1S/C19H25F4N3O3/c1-28-17-11(10-25-16(27)15-6-3-7-24-15)8-14(20)18(26-17)29-13-5-2-4-12(9-13)19(21,22)23/h8,12-13,15,24H,2-7,9-10H2,1H3,(H,25,27)/t12-,13-,15?/m0/s1. The van der Waals surface area contributed by atoms with Gasteiger partial charge in [0.1, 0.15) is 6.10 Å². The highest BCUT2D eigenvalue weighted by Gasteiger charge is 2.43. The summed E-state index contributed by atoms with van der Waals surface area (Å²) in [5, 5.41) is 5.78. The van der Waals surface area contributed by atoms with Crippen LogP contribution in [0.3, 0.4) is 0 Å². The molecule has 29 heavy (non-hydrogen) atoms. The van der Waals surface area contributed by atoms with Gasteiger partial charge in [0.15, 0.2) is 5.82 Å². The molecule has 10 heteroatoms. The Balaban J connectivity index is 1.65. The number of carbonyl (C=O) groups is 1. The zero-order valence-electron chi connectivity index (χ0n) is 16.2. The minimum absolute atomic E-state index is 0.0178. The molecule has 2 N–H and O–H groups in total. The molecule has 2 heterocycles. The van der Waals surface area contributed by atoms with Gasteiger partial charge in [-0.25, -0.2) is 4.39 Å². The van der Waals surface area contributed by atoms with E-state index in [4.69, 9.17) is 9.47 Å². The van der Waals surface area contributed by atoms with E-state index in [1.54, 1.807) is 0 Å². The van der Waals surface area contributed by atoms with Crippen LogP contribution in [-0.4, -0.2) is 42.9 Å². The molecule has 1 aliphatic heterocycles. The fourth-order valence-corrected chi connectivity index (χ4v) is 3.80. The van der Waals surface area contributed by atoms with Crippen molar-refractivity contribution in [2.75, 3.05) is 13.7 Å². The molecule has 0 aromatic carbocycles. The maximum Gasteiger partial charge on any atom is 0.391 e. The smallest absolute Gasteiger partial charge is 0.391 e. The Bertz CT molecular complexity index is 723. The van der Waals surface area contributed by atoms with E-state index in [1.807, 2.05) is 0 Å². The number of aromatic nitrogens is 1. The van der Waals surface area contributed by atoms with E-state index in [1.165, 1.54) is 7.11 Å². The van der Waals surface area contributed by atoms with Crippen LogP contribution in [0.2, 0.25) is 0 Å². The zero-order valence-corrected chi connectivity index (χ0v) is 16.2. The van der Waals surface area contributed by atoms with Gasteiger partial charge >= 0.3 is 6.18 Å². The van der Waals surface area contributed by atoms with E-state index >= 15 is 0 Å². The normalized spacial score (nSPS) is 24.9. The van der Waals surface area contributed by atoms with Crippen LogP contribution in [0.4, 0.5) is 17.6 Å². The fourth-order valence-electron chi connectivity index (χ4n) is 3.80. The molecule has 1 saturated carbocycles. The van der Waals surface area contributed by atoms with Crippen LogP contribution in [-0.2, 0) is 11.3 Å². The number of methoxy groups -OCH3 is 1. The van der Waals surface area contributed by atoms with Crippen molar-refractivity contribution >= 4 is 5.91 Å². The first kappa shape index (κ1) is 21.6. The van der Waals surface area contributed by atoms with Gasteiger partial charge in [0, 0.05) is 12.1 Å². The molecular formula is C19H25F4N3O3. The summed E-state index contributed by atoms with van der Waals surface area (Å²) in [5.74, 6) is -2.77. The van der Waals surface area contributed by atoms with Crippen molar-refractivity contribution in [1.82, 2.24) is 15.6 Å². The molecule has 1 aliphatic carbocycles. The molecule has 1 aromatic rings. The highest BCUT2D eigenvalue weighted by atomic mass is 19.4. The summed E-state index contributed by atoms with van der Waals surface area (Å²) in [6.45, 7) is 0.796. The fraction of sp³-hybridized carbons (Fsp3) is 0.684. The number of pyridine rings is 1. The van der Waals surface area contributed by atoms with Crippen molar-refractivity contribution in [3.8, 4) is 11.8 Å². The predicted molar refractivity (Wildman–Crippen MR) is 96.0 cm³/mol. The largest absolute Gasteiger partial charge is 0.481 e. The SMILES string of the molecule is COc1nc(O[C@H]2CCC[C@H](C(F)(F)F)C2)c(F)cc1CNC(=O)C1CCCN1. The van der Waals surface area contributed by atoms with E-state index in [0.29, 0.717) is 18.4 Å². The lowest BCUT2D eigenvalue weighted by molar-refractivity contribution is -0.188. The van der Waals surface area contributed by atoms with Crippen molar-refractivity contribution < 1.29 is 31.8 Å². The first-order valence-electron chi connectivity index (χ1n) is 9.75. The zero-order chi connectivity index (χ0) is 21.0. The molecule has 1 saturated heterocycles. The number of alkyl halides is 3. The Morgan fingerprint density at radius 2 is 2.07 bits per heavy atom. The Morgan fingerprint density at radius 3 is 2.72 bits per heavy atom. The van der Waals surface area contributed by atoms with Gasteiger partial charge in [-0.05, 0) is 51.1 Å². The molecule has 3 atom stereocenters. The number of nitrogens with zero attached hydrogens (tertiary/aromatic N) is 1. The number of carbonyl (C=O) groups excluding carboxylic acids is 1. The summed E-state index contributed by atoms with van der Waals surface area (Å²) in [4.78, 5) is 16.1. The van der Waals surface area contributed by atoms with Crippen molar-refractivity contribution in [1.29, 1.82) is 0 Å². The lowest BCUT2D eigenvalue weighted by Gasteiger charge is -2.30. The quantitative estimate of drug-likeness (QED) is 0.694. The summed E-state index contributed by atoms with van der Waals surface area (Å²) in [5.41, 5.74) is 0.320. The molecule has 6 nitrogen and oxygen atoms in total. The molecule has 1 aromatic heterocycles. The van der Waals surface area contributed by atoms with Gasteiger partial charge in [-0.3, -0.25) is 4.79 Å². The van der Waals surface area contributed by atoms with Gasteiger partial charge < -0.3 is 20.1 Å². The van der Waals surface area contributed by atoms with E-state index in [0.717, 1.165) is 25.5 Å². The van der Waals surface area contributed by atoms with E-state index in [9.17, 15) is 22.4 Å². The molecule has 1 unspecified atom stereocenters. The van der Waals surface area contributed by atoms with E-state index in [-0.39, 0.29) is 43.1 Å². The average molecular weight is 419 g/mol. The number of nitrogens with one attached hydrogen (secondary N) is 2. The Labute approximate surface area is 166 Å². The van der Waals surface area contributed by atoms with Crippen molar-refractivity contribution in [3.63, 3.8) is 0 Å². The third-order valence-electron chi connectivity index (χ3n) is 5.37. The lowest BCUT2D eigenvalue weighted by Crippen LogP contribution is -2.40. The van der Waals surface area contributed by atoms with Crippen LogP contribution in [0.1, 0.15) is 44.1 Å². The van der Waals surface area contributed by atoms with Crippen LogP contribution >= 0.6 is 0 Å². The summed E-state index contributed by atoms with van der Waals surface area (Å²) >= 11 is 0. The number of ether oxygens (including phenoxy) is 2. The third-order valence-corrected chi connectivity index (χ3v) is 5.37. The summed E-state index contributed by atoms with van der Waals surface area (Å²) < 4.78 is 64.0. The molecule has 0 bridgehead atoms. The first-order valence-corrected chi connectivity index (χ1v) is 9.75. The van der Waals surface area contributed by atoms with E-state index < -0.39 is 24.0 Å². The van der Waals surface area contributed by atoms with Gasteiger partial charge in [0.05, 0.1) is 19.1 Å². The summed E-state index contributed by atoms with van der Waals surface area (Å²) in [7, 11) is 1.34. The number of halogens is 4. The molecule has 0 radical (unpaired) electrons. The van der Waals surface area contributed by atoms with Crippen molar-refractivity contribution in [2.24, 2.45) is 5.92 Å². The van der Waals surface area contributed by atoms with Crippen LogP contribution in [0.25, 0.3) is 0 Å². The molecule has 2 fully saturated rings. The second-order valence-electron chi connectivity index (χ2n) is 7.46. The second kappa shape index (κ2) is 9.15. The Kier molecular flexibility index (Phi) is 6.81. The second-order valence-corrected chi connectivity index (χ2v) is 7.46. The number of hydrogen-bond acceptors (Lipinski definition) is 5. The average Bonchev–Trinajstić information content (AvgIpc) is 3.22. The Morgan fingerprint density at radius 1 is 1.28 bits per heavy atom. The minimum atomic E-state index is -4.29. The highest BCUT2D eigenvalue weighted by molar-refractivity contribution is 5.82. The molecule has 2 aliphatic rings. The van der Waals surface area contributed by atoms with Crippen LogP contribution < -0.4 is 20.1 Å². The number of amides is 1. The maximum atomic E-state index is 14.5. The number of hydrogen-bond donors (Lipinski definition) is 2. The van der Waals surface area contributed by atoms with Crippen molar-refractivity contribution in [3.05, 3.63) is 17.4 Å².